The number of amides is 1. The van der Waals surface area contributed by atoms with E-state index in [0.29, 0.717) is 10.7 Å². The average Bonchev–Trinajstić information content (AvgIpc) is 2.83. The van der Waals surface area contributed by atoms with Gasteiger partial charge < -0.3 is 0 Å². The highest BCUT2D eigenvalue weighted by molar-refractivity contribution is 9.10. The molecule has 0 atom stereocenters. The number of para-hydroxylation sites is 1. The van der Waals surface area contributed by atoms with Crippen molar-refractivity contribution >= 4 is 48.5 Å². The minimum absolute atomic E-state index is 0.144. The summed E-state index contributed by atoms with van der Waals surface area (Å²) in [6.07, 6.45) is 0. The molecular formula is C15H11BrN2OS. The van der Waals surface area contributed by atoms with Gasteiger partial charge in [0.15, 0.2) is 5.13 Å². The third kappa shape index (κ3) is 2.59. The largest absolute Gasteiger partial charge is 0.298 e. The van der Waals surface area contributed by atoms with E-state index >= 15 is 0 Å². The first-order valence-corrected chi connectivity index (χ1v) is 7.67. The van der Waals surface area contributed by atoms with Crippen LogP contribution in [0.15, 0.2) is 46.9 Å². The third-order valence-corrected chi connectivity index (χ3v) is 4.41. The number of aromatic nitrogens is 1. The number of benzene rings is 2. The molecule has 1 aromatic heterocycles. The fourth-order valence-electron chi connectivity index (χ4n) is 1.91. The number of carbonyl (C=O) groups excluding carboxylic acids is 1. The Morgan fingerprint density at radius 2 is 1.95 bits per heavy atom. The molecule has 0 saturated heterocycles. The normalized spacial score (nSPS) is 10.7. The lowest BCUT2D eigenvalue weighted by Crippen LogP contribution is -2.11. The highest BCUT2D eigenvalue weighted by Gasteiger charge is 2.10. The number of halogens is 1. The number of hydrogen-bond acceptors (Lipinski definition) is 3. The molecule has 20 heavy (non-hydrogen) atoms. The summed E-state index contributed by atoms with van der Waals surface area (Å²) < 4.78 is 2.03. The second-order valence-electron chi connectivity index (χ2n) is 4.40. The molecule has 0 aliphatic heterocycles. The fraction of sp³-hybridized carbons (Fsp3) is 0.0667. The first-order valence-electron chi connectivity index (χ1n) is 6.06. The number of rotatable bonds is 2. The van der Waals surface area contributed by atoms with Crippen LogP contribution in [0.2, 0.25) is 0 Å². The third-order valence-electron chi connectivity index (χ3n) is 2.95. The van der Waals surface area contributed by atoms with E-state index in [-0.39, 0.29) is 5.91 Å². The summed E-state index contributed by atoms with van der Waals surface area (Å²) >= 11 is 4.84. The van der Waals surface area contributed by atoms with Crippen molar-refractivity contribution in [2.24, 2.45) is 0 Å². The molecule has 3 rings (SSSR count). The summed E-state index contributed by atoms with van der Waals surface area (Å²) in [6.45, 7) is 2.02. The molecule has 3 aromatic rings. The van der Waals surface area contributed by atoms with E-state index in [2.05, 4.69) is 26.2 Å². The molecule has 1 heterocycles. The van der Waals surface area contributed by atoms with Crippen molar-refractivity contribution in [2.75, 3.05) is 5.32 Å². The van der Waals surface area contributed by atoms with E-state index in [4.69, 9.17) is 0 Å². The quantitative estimate of drug-likeness (QED) is 0.735. The second kappa shape index (κ2) is 5.34. The lowest BCUT2D eigenvalue weighted by molar-refractivity contribution is 0.102. The standard InChI is InChI=1S/C15H11BrN2OS/c1-9-3-2-4-12-13(9)17-15(20-12)18-14(19)10-5-7-11(16)8-6-10/h2-8H,1H3,(H,17,18,19). The zero-order valence-electron chi connectivity index (χ0n) is 10.7. The van der Waals surface area contributed by atoms with Crippen LogP contribution in [0.4, 0.5) is 5.13 Å². The Balaban J connectivity index is 1.87. The first kappa shape index (κ1) is 13.3. The van der Waals surface area contributed by atoms with Gasteiger partial charge >= 0.3 is 0 Å². The molecule has 0 aliphatic rings. The summed E-state index contributed by atoms with van der Waals surface area (Å²) in [5, 5.41) is 3.47. The van der Waals surface area contributed by atoms with Crippen molar-refractivity contribution in [1.29, 1.82) is 0 Å². The molecule has 0 unspecified atom stereocenters. The summed E-state index contributed by atoms with van der Waals surface area (Å²) in [5.74, 6) is -0.144. The van der Waals surface area contributed by atoms with Gasteiger partial charge in [0, 0.05) is 10.0 Å². The van der Waals surface area contributed by atoms with Crippen LogP contribution in [0.1, 0.15) is 15.9 Å². The van der Waals surface area contributed by atoms with Gasteiger partial charge in [-0.05, 0) is 42.8 Å². The topological polar surface area (TPSA) is 42.0 Å². The van der Waals surface area contributed by atoms with Gasteiger partial charge in [-0.3, -0.25) is 10.1 Å². The van der Waals surface area contributed by atoms with Crippen LogP contribution in [-0.2, 0) is 0 Å². The Bertz CT molecular complexity index is 780. The van der Waals surface area contributed by atoms with Gasteiger partial charge in [0.25, 0.3) is 5.91 Å². The summed E-state index contributed by atoms with van der Waals surface area (Å²) in [6, 6.07) is 13.3. The number of carbonyl (C=O) groups is 1. The van der Waals surface area contributed by atoms with Gasteiger partial charge in [-0.2, -0.15) is 0 Å². The number of hydrogen-bond donors (Lipinski definition) is 1. The number of nitrogens with one attached hydrogen (secondary N) is 1. The van der Waals surface area contributed by atoms with Crippen LogP contribution in [-0.4, -0.2) is 10.9 Å². The smallest absolute Gasteiger partial charge is 0.257 e. The van der Waals surface area contributed by atoms with Gasteiger partial charge in [-0.1, -0.05) is 39.4 Å². The molecule has 0 fully saturated rings. The van der Waals surface area contributed by atoms with E-state index in [0.717, 1.165) is 20.3 Å². The molecular weight excluding hydrogens is 336 g/mol. The minimum Gasteiger partial charge on any atom is -0.298 e. The van der Waals surface area contributed by atoms with E-state index in [1.165, 1.54) is 11.3 Å². The lowest BCUT2D eigenvalue weighted by Gasteiger charge is -2.01. The number of fused-ring (bicyclic) bond motifs is 1. The van der Waals surface area contributed by atoms with Crippen LogP contribution in [0, 0.1) is 6.92 Å². The lowest BCUT2D eigenvalue weighted by atomic mass is 10.2. The molecule has 1 amide bonds. The van der Waals surface area contributed by atoms with Crippen LogP contribution in [0.3, 0.4) is 0 Å². The monoisotopic (exact) mass is 346 g/mol. The van der Waals surface area contributed by atoms with Crippen molar-refractivity contribution in [1.82, 2.24) is 4.98 Å². The van der Waals surface area contributed by atoms with Crippen molar-refractivity contribution in [3.63, 3.8) is 0 Å². The Kier molecular flexibility index (Phi) is 3.54. The average molecular weight is 347 g/mol. The van der Waals surface area contributed by atoms with Gasteiger partial charge in [0.1, 0.15) is 0 Å². The zero-order chi connectivity index (χ0) is 14.1. The minimum atomic E-state index is -0.144. The first-order chi connectivity index (χ1) is 9.63. The molecule has 0 bridgehead atoms. The predicted molar refractivity (Wildman–Crippen MR) is 86.5 cm³/mol. The van der Waals surface area contributed by atoms with E-state index < -0.39 is 0 Å². The van der Waals surface area contributed by atoms with Crippen LogP contribution in [0.25, 0.3) is 10.2 Å². The number of anilines is 1. The summed E-state index contributed by atoms with van der Waals surface area (Å²) in [4.78, 5) is 16.6. The van der Waals surface area contributed by atoms with Crippen molar-refractivity contribution in [2.45, 2.75) is 6.92 Å². The highest BCUT2D eigenvalue weighted by Crippen LogP contribution is 2.28. The Morgan fingerprint density at radius 1 is 1.20 bits per heavy atom. The van der Waals surface area contributed by atoms with E-state index in [9.17, 15) is 4.79 Å². The molecule has 0 spiro atoms. The molecule has 5 heteroatoms. The zero-order valence-corrected chi connectivity index (χ0v) is 13.1. The molecule has 0 saturated carbocycles. The molecule has 100 valence electrons. The predicted octanol–water partition coefficient (Wildman–Crippen LogP) is 4.62. The fourth-order valence-corrected chi connectivity index (χ4v) is 3.11. The number of nitrogens with zero attached hydrogens (tertiary/aromatic N) is 1. The maximum Gasteiger partial charge on any atom is 0.257 e. The van der Waals surface area contributed by atoms with Crippen LogP contribution in [0.5, 0.6) is 0 Å². The maximum absolute atomic E-state index is 12.1. The van der Waals surface area contributed by atoms with Gasteiger partial charge in [-0.15, -0.1) is 0 Å². The summed E-state index contributed by atoms with van der Waals surface area (Å²) in [7, 11) is 0. The molecule has 0 radical (unpaired) electrons. The van der Waals surface area contributed by atoms with E-state index in [1.54, 1.807) is 12.1 Å². The van der Waals surface area contributed by atoms with E-state index in [1.807, 2.05) is 37.3 Å². The number of aryl methyl sites for hydroxylation is 1. The van der Waals surface area contributed by atoms with Crippen molar-refractivity contribution < 1.29 is 4.79 Å². The SMILES string of the molecule is Cc1cccc2sc(NC(=O)c3ccc(Br)cc3)nc12. The van der Waals surface area contributed by atoms with Gasteiger partial charge in [0.2, 0.25) is 0 Å². The highest BCUT2D eigenvalue weighted by atomic mass is 79.9. The van der Waals surface area contributed by atoms with Crippen LogP contribution >= 0.6 is 27.3 Å². The Hall–Kier alpha value is -1.72. The molecule has 3 nitrogen and oxygen atoms in total. The van der Waals surface area contributed by atoms with Gasteiger partial charge in [-0.25, -0.2) is 4.98 Å². The summed E-state index contributed by atoms with van der Waals surface area (Å²) in [5.41, 5.74) is 2.68. The van der Waals surface area contributed by atoms with Crippen molar-refractivity contribution in [3.05, 3.63) is 58.1 Å². The number of thiazole rings is 1. The maximum atomic E-state index is 12.1. The molecule has 2 aromatic carbocycles. The molecule has 1 N–H and O–H groups in total. The Morgan fingerprint density at radius 3 is 2.65 bits per heavy atom. The van der Waals surface area contributed by atoms with Crippen molar-refractivity contribution in [3.8, 4) is 0 Å². The van der Waals surface area contributed by atoms with Gasteiger partial charge in [0.05, 0.1) is 10.2 Å². The van der Waals surface area contributed by atoms with Crippen LogP contribution < -0.4 is 5.32 Å². The molecule has 0 aliphatic carbocycles. The second-order valence-corrected chi connectivity index (χ2v) is 6.35. The Labute approximate surface area is 128 Å².